The van der Waals surface area contributed by atoms with Crippen LogP contribution in [0.15, 0.2) is 72.8 Å². The van der Waals surface area contributed by atoms with Crippen LogP contribution in [0.5, 0.6) is 0 Å². The first kappa shape index (κ1) is 29.2. The Morgan fingerprint density at radius 2 is 1.62 bits per heavy atom. The Bertz CT molecular complexity index is 1330. The number of carbonyl (C=O) groups is 2. The zero-order chi connectivity index (χ0) is 28.1. The fourth-order valence-electron chi connectivity index (χ4n) is 5.00. The fraction of sp³-hybridized carbons (Fsp3) is 0.310. The summed E-state index contributed by atoms with van der Waals surface area (Å²) < 4.78 is 28.9. The van der Waals surface area contributed by atoms with Gasteiger partial charge in [-0.2, -0.15) is 0 Å². The van der Waals surface area contributed by atoms with Crippen LogP contribution in [0.25, 0.3) is 0 Å². The van der Waals surface area contributed by atoms with Crippen molar-refractivity contribution in [1.82, 2.24) is 4.90 Å². The third kappa shape index (κ3) is 7.07. The average molecular weight is 590 g/mol. The third-order valence-electron chi connectivity index (χ3n) is 6.72. The molecule has 7 nitrogen and oxygen atoms in total. The second-order valence-corrected chi connectivity index (χ2v) is 11.2. The molecule has 39 heavy (non-hydrogen) atoms. The Morgan fingerprint density at radius 1 is 1.03 bits per heavy atom. The molecule has 0 radical (unpaired) electrons. The number of aliphatic carboxylic acids is 1. The number of amides is 1. The quantitative estimate of drug-likeness (QED) is 0.296. The molecule has 0 bridgehead atoms. The summed E-state index contributed by atoms with van der Waals surface area (Å²) >= 11 is 10.0. The Hall–Kier alpha value is -2.75. The van der Waals surface area contributed by atoms with Crippen LogP contribution < -0.4 is 0 Å². The molecule has 1 N–H and O–H groups in total. The number of rotatable bonds is 10. The van der Waals surface area contributed by atoms with Crippen LogP contribution in [-0.2, 0) is 37.6 Å². The molecule has 1 fully saturated rings. The van der Waals surface area contributed by atoms with Crippen molar-refractivity contribution in [3.63, 3.8) is 0 Å². The maximum absolute atomic E-state index is 14.1. The first-order chi connectivity index (χ1) is 18.7. The monoisotopic (exact) mass is 588 g/mol. The van der Waals surface area contributed by atoms with E-state index < -0.39 is 47.2 Å². The van der Waals surface area contributed by atoms with Crippen molar-refractivity contribution in [1.29, 1.82) is 0 Å². The van der Waals surface area contributed by atoms with E-state index in [-0.39, 0.29) is 18.6 Å². The van der Waals surface area contributed by atoms with E-state index in [1.54, 1.807) is 72.8 Å². The zero-order valence-corrected chi connectivity index (χ0v) is 23.5. The minimum atomic E-state index is -2.26. The Morgan fingerprint density at radius 3 is 2.18 bits per heavy atom. The van der Waals surface area contributed by atoms with Gasteiger partial charge in [0.15, 0.2) is 0 Å². The predicted octanol–water partition coefficient (Wildman–Crippen LogP) is 5.88. The molecule has 0 spiro atoms. The molecule has 1 aliphatic rings. The number of carboxylic acid groups (broad SMARTS) is 1. The first-order valence-corrected chi connectivity index (χ1v) is 14.5. The molecule has 0 aromatic heterocycles. The van der Waals surface area contributed by atoms with Crippen LogP contribution in [0.2, 0.25) is 10.0 Å². The molecular weight excluding hydrogens is 561 g/mol. The lowest BCUT2D eigenvalue weighted by atomic mass is 9.88. The van der Waals surface area contributed by atoms with Crippen molar-refractivity contribution in [2.75, 3.05) is 0 Å². The van der Waals surface area contributed by atoms with Gasteiger partial charge < -0.3 is 19.3 Å². The number of ether oxygens (including phenoxy) is 1. The van der Waals surface area contributed by atoms with Crippen molar-refractivity contribution in [3.05, 3.63) is 105 Å². The topological polar surface area (TPSA) is 107 Å². The molecule has 3 aromatic carbocycles. The van der Waals surface area contributed by atoms with Crippen molar-refractivity contribution < 1.29 is 28.2 Å². The van der Waals surface area contributed by atoms with E-state index in [0.717, 1.165) is 5.56 Å². The summed E-state index contributed by atoms with van der Waals surface area (Å²) in [6.07, 6.45) is -0.747. The number of hydrogen-bond acceptors (Lipinski definition) is 5. The van der Waals surface area contributed by atoms with E-state index in [4.69, 9.17) is 27.9 Å². The molecule has 5 atom stereocenters. The highest BCUT2D eigenvalue weighted by molar-refractivity contribution is 7.78. The minimum absolute atomic E-state index is 0.143. The number of carboxylic acids is 1. The molecule has 1 aliphatic heterocycles. The van der Waals surface area contributed by atoms with Crippen molar-refractivity contribution in [3.8, 4) is 0 Å². The van der Waals surface area contributed by atoms with Gasteiger partial charge in [0.25, 0.3) is 5.91 Å². The van der Waals surface area contributed by atoms with Crippen molar-refractivity contribution >= 4 is 46.2 Å². The van der Waals surface area contributed by atoms with E-state index >= 15 is 0 Å². The lowest BCUT2D eigenvalue weighted by Gasteiger charge is -2.47. The Kier molecular flexibility index (Phi) is 9.80. The van der Waals surface area contributed by atoms with E-state index in [9.17, 15) is 23.5 Å². The fourth-order valence-corrected chi connectivity index (χ4v) is 5.71. The highest BCUT2D eigenvalue weighted by Gasteiger charge is 2.48. The molecule has 1 saturated heterocycles. The minimum Gasteiger partial charge on any atom is -0.772 e. The molecular formula is C29H28Cl2NO6S-. The van der Waals surface area contributed by atoms with Gasteiger partial charge in [-0.3, -0.25) is 9.00 Å². The van der Waals surface area contributed by atoms with Gasteiger partial charge in [-0.05, 0) is 52.9 Å². The van der Waals surface area contributed by atoms with Gasteiger partial charge >= 0.3 is 5.97 Å². The number of halogens is 2. The SMILES string of the molecule is CCC[C@H](C(=O)O)N1C(=O)[C@H](Cc2cccc(CS(=O)[O-])c2)O[C@@H](c2ccc(Cl)cc2)[C@H]1c1ccc(Cl)cc1. The van der Waals surface area contributed by atoms with Crippen LogP contribution >= 0.6 is 23.2 Å². The molecule has 0 aliphatic carbocycles. The summed E-state index contributed by atoms with van der Waals surface area (Å²) in [5.41, 5.74) is 2.72. The highest BCUT2D eigenvalue weighted by atomic mass is 35.5. The summed E-state index contributed by atoms with van der Waals surface area (Å²) in [5, 5.41) is 11.3. The van der Waals surface area contributed by atoms with Crippen LogP contribution in [-0.4, -0.2) is 42.8 Å². The van der Waals surface area contributed by atoms with Gasteiger partial charge in [-0.25, -0.2) is 4.79 Å². The second-order valence-electron chi connectivity index (χ2n) is 9.45. The Labute approximate surface area is 240 Å². The lowest BCUT2D eigenvalue weighted by Crippen LogP contribution is -2.57. The molecule has 206 valence electrons. The maximum Gasteiger partial charge on any atom is 0.326 e. The van der Waals surface area contributed by atoms with Crippen LogP contribution in [0.3, 0.4) is 0 Å². The maximum atomic E-state index is 14.1. The van der Waals surface area contributed by atoms with E-state index in [1.807, 2.05) is 6.92 Å². The van der Waals surface area contributed by atoms with Gasteiger partial charge in [0.2, 0.25) is 0 Å². The number of carbonyl (C=O) groups excluding carboxylic acids is 1. The second kappa shape index (κ2) is 13.1. The number of nitrogens with zero attached hydrogens (tertiary/aromatic N) is 1. The number of benzene rings is 3. The molecule has 1 heterocycles. The number of morpholine rings is 1. The van der Waals surface area contributed by atoms with E-state index in [1.165, 1.54) is 4.90 Å². The molecule has 1 unspecified atom stereocenters. The van der Waals surface area contributed by atoms with Crippen molar-refractivity contribution in [2.24, 2.45) is 0 Å². The normalized spacial score (nSPS) is 21.0. The van der Waals surface area contributed by atoms with Crippen LogP contribution in [0.1, 0.15) is 54.2 Å². The van der Waals surface area contributed by atoms with Crippen molar-refractivity contribution in [2.45, 2.75) is 56.2 Å². The summed E-state index contributed by atoms with van der Waals surface area (Å²) in [5.74, 6) is -1.69. The summed E-state index contributed by atoms with van der Waals surface area (Å²) in [6.45, 7) is 1.87. The van der Waals surface area contributed by atoms with E-state index in [2.05, 4.69) is 0 Å². The van der Waals surface area contributed by atoms with Gasteiger partial charge in [0.1, 0.15) is 18.2 Å². The standard InChI is InChI=1S/C29H29Cl2NO6S/c1-2-4-24(29(34)35)32-26(20-7-11-22(30)12-8-20)27(21-9-13-23(31)14-10-21)38-25(28(32)33)16-18-5-3-6-19(15-18)17-39(36)37/h3,5-15,24-27H,2,4,16-17H2,1H3,(H,34,35)(H,36,37)/p-1/t24-,25+,26-,27+/m1/s1. The Balaban J connectivity index is 1.82. The van der Waals surface area contributed by atoms with Crippen LogP contribution in [0.4, 0.5) is 0 Å². The smallest absolute Gasteiger partial charge is 0.326 e. The van der Waals surface area contributed by atoms with Gasteiger partial charge in [0.05, 0.1) is 6.04 Å². The summed E-state index contributed by atoms with van der Waals surface area (Å²) in [6, 6.07) is 19.1. The molecule has 10 heteroatoms. The lowest BCUT2D eigenvalue weighted by molar-refractivity contribution is -0.184. The molecule has 3 aromatic rings. The summed E-state index contributed by atoms with van der Waals surface area (Å²) in [4.78, 5) is 28.1. The van der Waals surface area contributed by atoms with Crippen LogP contribution in [0, 0.1) is 0 Å². The zero-order valence-electron chi connectivity index (χ0n) is 21.2. The molecule has 4 rings (SSSR count). The van der Waals surface area contributed by atoms with Gasteiger partial charge in [0, 0.05) is 22.2 Å². The summed E-state index contributed by atoms with van der Waals surface area (Å²) in [7, 11) is 0. The van der Waals surface area contributed by atoms with Gasteiger partial charge in [-0.1, -0.05) is 96.2 Å². The average Bonchev–Trinajstić information content (AvgIpc) is 2.89. The highest BCUT2D eigenvalue weighted by Crippen LogP contribution is 2.44. The molecule has 1 amide bonds. The third-order valence-corrected chi connectivity index (χ3v) is 7.79. The first-order valence-electron chi connectivity index (χ1n) is 12.5. The van der Waals surface area contributed by atoms with Gasteiger partial charge in [-0.15, -0.1) is 0 Å². The predicted molar refractivity (Wildman–Crippen MR) is 149 cm³/mol. The van der Waals surface area contributed by atoms with E-state index in [0.29, 0.717) is 33.2 Å². The number of hydrogen-bond donors (Lipinski definition) is 1. The largest absolute Gasteiger partial charge is 0.772 e. The molecule has 0 saturated carbocycles.